The molecule has 0 aromatic heterocycles. The van der Waals surface area contributed by atoms with Gasteiger partial charge >= 0.3 is 6.36 Å². The van der Waals surface area contributed by atoms with E-state index in [4.69, 9.17) is 4.74 Å². The van der Waals surface area contributed by atoms with Crippen LogP contribution in [-0.2, 0) is 19.7 Å². The van der Waals surface area contributed by atoms with Crippen LogP contribution in [0.5, 0.6) is 11.5 Å². The van der Waals surface area contributed by atoms with Gasteiger partial charge in [0.2, 0.25) is 0 Å². The second-order valence-corrected chi connectivity index (χ2v) is 6.21. The Balaban J connectivity index is 1.42. The van der Waals surface area contributed by atoms with Crippen molar-refractivity contribution in [2.45, 2.75) is 26.1 Å². The van der Waals surface area contributed by atoms with Crippen molar-refractivity contribution in [2.75, 3.05) is 0 Å². The predicted octanol–water partition coefficient (Wildman–Crippen LogP) is 5.45. The minimum absolute atomic E-state index is 0.220. The molecule has 146 valence electrons. The molecule has 0 heterocycles. The molecule has 3 aromatic carbocycles. The Hall–Kier alpha value is -2.99. The number of hydrogen-bond acceptors (Lipinski definition) is 3. The fourth-order valence-corrected chi connectivity index (χ4v) is 2.60. The summed E-state index contributed by atoms with van der Waals surface area (Å²) < 4.78 is 46.1. The predicted molar refractivity (Wildman–Crippen MR) is 101 cm³/mol. The van der Waals surface area contributed by atoms with Crippen LogP contribution >= 0.6 is 0 Å². The van der Waals surface area contributed by atoms with Crippen molar-refractivity contribution >= 4 is 0 Å². The first-order valence-corrected chi connectivity index (χ1v) is 8.79. The fraction of sp³-hybridized carbons (Fsp3) is 0.182. The zero-order valence-electron chi connectivity index (χ0n) is 15.1. The van der Waals surface area contributed by atoms with Crippen LogP contribution < -0.4 is 14.8 Å². The van der Waals surface area contributed by atoms with E-state index in [-0.39, 0.29) is 5.75 Å². The molecule has 0 radical (unpaired) electrons. The highest BCUT2D eigenvalue weighted by Gasteiger charge is 2.30. The molecule has 0 aliphatic heterocycles. The van der Waals surface area contributed by atoms with E-state index in [1.54, 1.807) is 12.1 Å². The highest BCUT2D eigenvalue weighted by Crippen LogP contribution is 2.22. The van der Waals surface area contributed by atoms with E-state index < -0.39 is 6.36 Å². The second kappa shape index (κ2) is 9.28. The summed E-state index contributed by atoms with van der Waals surface area (Å²) >= 11 is 0. The smallest absolute Gasteiger partial charge is 0.489 e. The largest absolute Gasteiger partial charge is 0.573 e. The Bertz CT molecular complexity index is 848. The molecule has 0 aliphatic carbocycles. The van der Waals surface area contributed by atoms with E-state index in [0.29, 0.717) is 19.7 Å². The maximum absolute atomic E-state index is 12.2. The van der Waals surface area contributed by atoms with Crippen LogP contribution in [-0.4, -0.2) is 6.36 Å². The van der Waals surface area contributed by atoms with Crippen LogP contribution in [0.4, 0.5) is 13.2 Å². The van der Waals surface area contributed by atoms with Gasteiger partial charge in [-0.2, -0.15) is 0 Å². The Kier molecular flexibility index (Phi) is 6.55. The molecule has 6 heteroatoms. The van der Waals surface area contributed by atoms with Crippen molar-refractivity contribution in [2.24, 2.45) is 0 Å². The molecule has 0 spiro atoms. The molecule has 0 saturated carbocycles. The third-order valence-electron chi connectivity index (χ3n) is 3.99. The Labute approximate surface area is 161 Å². The number of hydrogen-bond donors (Lipinski definition) is 1. The van der Waals surface area contributed by atoms with Gasteiger partial charge in [0.25, 0.3) is 0 Å². The lowest BCUT2D eigenvalue weighted by molar-refractivity contribution is -0.274. The van der Waals surface area contributed by atoms with Crippen LogP contribution in [0.2, 0.25) is 0 Å². The van der Waals surface area contributed by atoms with E-state index in [9.17, 15) is 13.2 Å². The number of alkyl halides is 3. The normalized spacial score (nSPS) is 11.2. The van der Waals surface area contributed by atoms with Crippen molar-refractivity contribution in [1.82, 2.24) is 5.32 Å². The van der Waals surface area contributed by atoms with Gasteiger partial charge < -0.3 is 14.8 Å². The Morgan fingerprint density at radius 2 is 1.18 bits per heavy atom. The third-order valence-corrected chi connectivity index (χ3v) is 3.99. The number of halogens is 3. The zero-order chi connectivity index (χ0) is 19.8. The van der Waals surface area contributed by atoms with Gasteiger partial charge in [-0.3, -0.25) is 0 Å². The topological polar surface area (TPSA) is 30.5 Å². The quantitative estimate of drug-likeness (QED) is 0.557. The molecular formula is C22H20F3NO2. The van der Waals surface area contributed by atoms with Gasteiger partial charge in [-0.15, -0.1) is 13.2 Å². The van der Waals surface area contributed by atoms with E-state index in [0.717, 1.165) is 22.4 Å². The molecule has 0 fully saturated rings. The van der Waals surface area contributed by atoms with E-state index in [1.165, 1.54) is 12.1 Å². The summed E-state index contributed by atoms with van der Waals surface area (Å²) in [5.41, 5.74) is 3.07. The van der Waals surface area contributed by atoms with Gasteiger partial charge in [0.1, 0.15) is 18.1 Å². The molecule has 3 rings (SSSR count). The SMILES string of the molecule is FC(F)(F)Oc1ccc(CNCc2ccc(OCc3ccccc3)cc2)cc1. The first-order chi connectivity index (χ1) is 13.5. The van der Waals surface area contributed by atoms with Gasteiger partial charge in [0, 0.05) is 13.1 Å². The summed E-state index contributed by atoms with van der Waals surface area (Å²) in [7, 11) is 0. The van der Waals surface area contributed by atoms with Gasteiger partial charge in [-0.1, -0.05) is 54.6 Å². The van der Waals surface area contributed by atoms with Crippen molar-refractivity contribution in [3.8, 4) is 11.5 Å². The molecule has 3 nitrogen and oxygen atoms in total. The highest BCUT2D eigenvalue weighted by atomic mass is 19.4. The van der Waals surface area contributed by atoms with Gasteiger partial charge in [0.05, 0.1) is 0 Å². The van der Waals surface area contributed by atoms with Crippen molar-refractivity contribution in [3.63, 3.8) is 0 Å². The average Bonchev–Trinajstić information content (AvgIpc) is 2.68. The van der Waals surface area contributed by atoms with E-state index in [1.807, 2.05) is 54.6 Å². The molecule has 0 aliphatic rings. The minimum atomic E-state index is -4.67. The van der Waals surface area contributed by atoms with Crippen LogP contribution in [0.3, 0.4) is 0 Å². The molecule has 3 aromatic rings. The highest BCUT2D eigenvalue weighted by molar-refractivity contribution is 5.29. The van der Waals surface area contributed by atoms with Crippen LogP contribution in [0.15, 0.2) is 78.9 Å². The lowest BCUT2D eigenvalue weighted by atomic mass is 10.2. The molecule has 1 N–H and O–H groups in total. The average molecular weight is 387 g/mol. The number of benzene rings is 3. The van der Waals surface area contributed by atoms with E-state index in [2.05, 4.69) is 10.1 Å². The Morgan fingerprint density at radius 3 is 1.71 bits per heavy atom. The molecule has 0 bridgehead atoms. The third kappa shape index (κ3) is 6.63. The summed E-state index contributed by atoms with van der Waals surface area (Å²) in [5.74, 6) is 0.579. The molecule has 0 atom stereocenters. The van der Waals surface area contributed by atoms with Gasteiger partial charge in [-0.05, 0) is 41.0 Å². The van der Waals surface area contributed by atoms with Crippen LogP contribution in [0, 0.1) is 0 Å². The zero-order valence-corrected chi connectivity index (χ0v) is 15.1. The maximum atomic E-state index is 12.2. The number of nitrogens with one attached hydrogen (secondary N) is 1. The van der Waals surface area contributed by atoms with Crippen LogP contribution in [0.25, 0.3) is 0 Å². The molecule has 28 heavy (non-hydrogen) atoms. The minimum Gasteiger partial charge on any atom is -0.489 e. The summed E-state index contributed by atoms with van der Waals surface area (Å²) in [6.45, 7) is 1.70. The van der Waals surface area contributed by atoms with Crippen molar-refractivity contribution in [1.29, 1.82) is 0 Å². The van der Waals surface area contributed by atoms with Gasteiger partial charge in [0.15, 0.2) is 0 Å². The van der Waals surface area contributed by atoms with Crippen molar-refractivity contribution < 1.29 is 22.6 Å². The monoisotopic (exact) mass is 387 g/mol. The second-order valence-electron chi connectivity index (χ2n) is 6.21. The molecular weight excluding hydrogens is 367 g/mol. The number of rotatable bonds is 8. The van der Waals surface area contributed by atoms with Crippen LogP contribution in [0.1, 0.15) is 16.7 Å². The summed E-state index contributed by atoms with van der Waals surface area (Å²) in [5, 5.41) is 3.26. The lowest BCUT2D eigenvalue weighted by Crippen LogP contribution is -2.17. The fourth-order valence-electron chi connectivity index (χ4n) is 2.60. The van der Waals surface area contributed by atoms with Crippen molar-refractivity contribution in [3.05, 3.63) is 95.6 Å². The molecule has 0 amide bonds. The molecule has 0 saturated heterocycles. The first kappa shape index (κ1) is 19.8. The Morgan fingerprint density at radius 1 is 0.643 bits per heavy atom. The standard InChI is InChI=1S/C22H20F3NO2/c23-22(24,25)28-21-12-8-18(9-13-21)15-26-14-17-6-10-20(11-7-17)27-16-19-4-2-1-3-5-19/h1-13,26H,14-16H2. The van der Waals surface area contributed by atoms with E-state index >= 15 is 0 Å². The maximum Gasteiger partial charge on any atom is 0.573 e. The summed E-state index contributed by atoms with van der Waals surface area (Å²) in [6, 6.07) is 23.6. The summed E-state index contributed by atoms with van der Waals surface area (Å²) in [6.07, 6.45) is -4.67. The summed E-state index contributed by atoms with van der Waals surface area (Å²) in [4.78, 5) is 0. The molecule has 0 unspecified atom stereocenters. The first-order valence-electron chi connectivity index (χ1n) is 8.79. The number of ether oxygens (including phenoxy) is 2. The lowest BCUT2D eigenvalue weighted by Gasteiger charge is -2.10. The van der Waals surface area contributed by atoms with Gasteiger partial charge in [-0.25, -0.2) is 0 Å².